The quantitative estimate of drug-likeness (QED) is 0.617. The Balaban J connectivity index is 1.74. The lowest BCUT2D eigenvalue weighted by molar-refractivity contribution is -0.140. The van der Waals surface area contributed by atoms with Crippen LogP contribution in [0.1, 0.15) is 12.8 Å². The number of anilines is 1. The summed E-state index contributed by atoms with van der Waals surface area (Å²) >= 11 is 1.33. The van der Waals surface area contributed by atoms with Crippen molar-refractivity contribution in [1.82, 2.24) is 0 Å². The van der Waals surface area contributed by atoms with Crippen molar-refractivity contribution in [3.8, 4) is 0 Å². The van der Waals surface area contributed by atoms with Gasteiger partial charge in [0.05, 0.1) is 24.5 Å². The molecule has 0 N–H and O–H groups in total. The zero-order valence-electron chi connectivity index (χ0n) is 13.2. The predicted octanol–water partition coefficient (Wildman–Crippen LogP) is 2.77. The molecule has 6 heteroatoms. The van der Waals surface area contributed by atoms with Crippen LogP contribution in [0.25, 0.3) is 10.8 Å². The summed E-state index contributed by atoms with van der Waals surface area (Å²) in [6.45, 7) is 0. The number of imide groups is 1. The first-order valence-electron chi connectivity index (χ1n) is 7.64. The van der Waals surface area contributed by atoms with Crippen molar-refractivity contribution in [2.45, 2.75) is 18.1 Å². The molecule has 2 aromatic carbocycles. The number of carbonyl (C=O) groups is 3. The Morgan fingerprint density at radius 1 is 1.21 bits per heavy atom. The minimum Gasteiger partial charge on any atom is -0.469 e. The van der Waals surface area contributed by atoms with E-state index in [-0.39, 0.29) is 30.6 Å². The van der Waals surface area contributed by atoms with Gasteiger partial charge >= 0.3 is 5.97 Å². The van der Waals surface area contributed by atoms with Crippen LogP contribution in [0.5, 0.6) is 0 Å². The molecule has 0 saturated carbocycles. The first kappa shape index (κ1) is 16.5. The molecule has 0 radical (unpaired) electrons. The van der Waals surface area contributed by atoms with Gasteiger partial charge in [-0.1, -0.05) is 30.3 Å². The second-order valence-electron chi connectivity index (χ2n) is 5.49. The molecule has 0 bridgehead atoms. The van der Waals surface area contributed by atoms with Crippen LogP contribution < -0.4 is 4.90 Å². The third-order valence-electron chi connectivity index (χ3n) is 3.95. The molecule has 0 unspecified atom stereocenters. The van der Waals surface area contributed by atoms with Crippen molar-refractivity contribution in [3.63, 3.8) is 0 Å². The van der Waals surface area contributed by atoms with E-state index in [4.69, 9.17) is 0 Å². The van der Waals surface area contributed by atoms with Gasteiger partial charge in [-0.25, -0.2) is 4.90 Å². The van der Waals surface area contributed by atoms with Crippen LogP contribution >= 0.6 is 11.8 Å². The topological polar surface area (TPSA) is 63.7 Å². The van der Waals surface area contributed by atoms with E-state index in [9.17, 15) is 14.4 Å². The number of rotatable bonds is 5. The minimum atomic E-state index is -0.436. The smallest absolute Gasteiger partial charge is 0.306 e. The van der Waals surface area contributed by atoms with Gasteiger partial charge in [0.15, 0.2) is 0 Å². The van der Waals surface area contributed by atoms with Gasteiger partial charge < -0.3 is 4.74 Å². The normalized spacial score (nSPS) is 17.5. The summed E-state index contributed by atoms with van der Waals surface area (Å²) in [4.78, 5) is 37.2. The number of thioether (sulfide) groups is 1. The van der Waals surface area contributed by atoms with E-state index in [2.05, 4.69) is 4.74 Å². The highest BCUT2D eigenvalue weighted by Crippen LogP contribution is 2.31. The Kier molecular flexibility index (Phi) is 4.85. The summed E-state index contributed by atoms with van der Waals surface area (Å²) in [5, 5.41) is 1.61. The zero-order chi connectivity index (χ0) is 17.1. The number of nitrogens with zero attached hydrogens (tertiary/aromatic N) is 1. The number of methoxy groups -OCH3 is 1. The van der Waals surface area contributed by atoms with Crippen LogP contribution in [-0.2, 0) is 19.1 Å². The first-order chi connectivity index (χ1) is 11.6. The van der Waals surface area contributed by atoms with Crippen LogP contribution in [0.15, 0.2) is 42.5 Å². The highest BCUT2D eigenvalue weighted by molar-refractivity contribution is 8.00. The molecule has 24 heavy (non-hydrogen) atoms. The molecule has 1 aliphatic rings. The Morgan fingerprint density at radius 2 is 1.96 bits per heavy atom. The Bertz CT molecular complexity index is 804. The van der Waals surface area contributed by atoms with Crippen LogP contribution in [0.3, 0.4) is 0 Å². The van der Waals surface area contributed by atoms with E-state index < -0.39 is 5.25 Å². The maximum absolute atomic E-state index is 12.6. The molecular weight excluding hydrogens is 326 g/mol. The lowest BCUT2D eigenvalue weighted by Gasteiger charge is -2.15. The monoisotopic (exact) mass is 343 g/mol. The van der Waals surface area contributed by atoms with Gasteiger partial charge in [0.2, 0.25) is 11.8 Å². The summed E-state index contributed by atoms with van der Waals surface area (Å²) in [7, 11) is 1.33. The summed E-state index contributed by atoms with van der Waals surface area (Å²) < 4.78 is 4.58. The molecule has 2 amide bonds. The average Bonchev–Trinajstić information content (AvgIpc) is 2.88. The van der Waals surface area contributed by atoms with Crippen molar-refractivity contribution < 1.29 is 19.1 Å². The van der Waals surface area contributed by atoms with Crippen LogP contribution in [0, 0.1) is 0 Å². The van der Waals surface area contributed by atoms with Gasteiger partial charge in [-0.15, -0.1) is 11.8 Å². The molecule has 124 valence electrons. The van der Waals surface area contributed by atoms with Gasteiger partial charge in [-0.2, -0.15) is 0 Å². The highest BCUT2D eigenvalue weighted by atomic mass is 32.2. The molecule has 1 fully saturated rings. The van der Waals surface area contributed by atoms with E-state index in [1.807, 2.05) is 36.4 Å². The standard InChI is InChI=1S/C18H17NO4S/c1-23-17(21)8-9-24-15-11-16(20)19(18(15)22)14-7-6-12-4-2-3-5-13(12)10-14/h2-7,10,15H,8-9,11H2,1H3/t15-/m0/s1. The number of amides is 2. The molecular formula is C18H17NO4S. The van der Waals surface area contributed by atoms with Gasteiger partial charge in [0, 0.05) is 12.2 Å². The SMILES string of the molecule is COC(=O)CCS[C@H]1CC(=O)N(c2ccc3ccccc3c2)C1=O. The number of benzene rings is 2. The highest BCUT2D eigenvalue weighted by Gasteiger charge is 2.39. The van der Waals surface area contributed by atoms with Crippen molar-refractivity contribution in [2.24, 2.45) is 0 Å². The molecule has 1 aliphatic heterocycles. The predicted molar refractivity (Wildman–Crippen MR) is 93.9 cm³/mol. The van der Waals surface area contributed by atoms with E-state index >= 15 is 0 Å². The minimum absolute atomic E-state index is 0.164. The van der Waals surface area contributed by atoms with Gasteiger partial charge in [0.1, 0.15) is 0 Å². The van der Waals surface area contributed by atoms with E-state index in [1.165, 1.54) is 23.8 Å². The summed E-state index contributed by atoms with van der Waals surface area (Å²) in [6, 6.07) is 13.4. The van der Waals surface area contributed by atoms with Crippen LogP contribution in [0.2, 0.25) is 0 Å². The molecule has 3 rings (SSSR count). The number of ether oxygens (including phenoxy) is 1. The van der Waals surface area contributed by atoms with E-state index in [1.54, 1.807) is 6.07 Å². The molecule has 1 atom stereocenters. The fourth-order valence-corrected chi connectivity index (χ4v) is 3.79. The van der Waals surface area contributed by atoms with Crippen molar-refractivity contribution in [1.29, 1.82) is 0 Å². The average molecular weight is 343 g/mol. The van der Waals surface area contributed by atoms with Gasteiger partial charge in [-0.05, 0) is 22.9 Å². The van der Waals surface area contributed by atoms with Gasteiger partial charge in [0.25, 0.3) is 0 Å². The second-order valence-corrected chi connectivity index (χ2v) is 6.80. The lowest BCUT2D eigenvalue weighted by Crippen LogP contribution is -2.31. The molecule has 2 aromatic rings. The number of hydrogen-bond acceptors (Lipinski definition) is 5. The summed E-state index contributed by atoms with van der Waals surface area (Å²) in [5.41, 5.74) is 0.597. The third kappa shape index (κ3) is 3.28. The third-order valence-corrected chi connectivity index (χ3v) is 5.16. The Labute approximate surface area is 144 Å². The summed E-state index contributed by atoms with van der Waals surface area (Å²) in [5.74, 6) is -0.274. The molecule has 0 aliphatic carbocycles. The van der Waals surface area contributed by atoms with E-state index in [0.717, 1.165) is 10.8 Å². The first-order valence-corrected chi connectivity index (χ1v) is 8.69. The molecule has 0 aromatic heterocycles. The Hall–Kier alpha value is -2.34. The van der Waals surface area contributed by atoms with Crippen molar-refractivity contribution in [3.05, 3.63) is 42.5 Å². The number of fused-ring (bicyclic) bond motifs is 1. The molecule has 0 spiro atoms. The number of hydrogen-bond donors (Lipinski definition) is 0. The lowest BCUT2D eigenvalue weighted by atomic mass is 10.1. The number of esters is 1. The van der Waals surface area contributed by atoms with Crippen molar-refractivity contribution in [2.75, 3.05) is 17.8 Å². The zero-order valence-corrected chi connectivity index (χ0v) is 14.0. The maximum atomic E-state index is 12.6. The molecule has 1 saturated heterocycles. The molecule has 5 nitrogen and oxygen atoms in total. The fraction of sp³-hybridized carbons (Fsp3) is 0.278. The van der Waals surface area contributed by atoms with Crippen molar-refractivity contribution >= 4 is 46.0 Å². The van der Waals surface area contributed by atoms with Crippen LogP contribution in [0.4, 0.5) is 5.69 Å². The maximum Gasteiger partial charge on any atom is 0.306 e. The van der Waals surface area contributed by atoms with E-state index in [0.29, 0.717) is 11.4 Å². The van der Waals surface area contributed by atoms with Gasteiger partial charge in [-0.3, -0.25) is 14.4 Å². The fourth-order valence-electron chi connectivity index (χ4n) is 2.71. The largest absolute Gasteiger partial charge is 0.469 e. The number of carbonyl (C=O) groups excluding carboxylic acids is 3. The van der Waals surface area contributed by atoms with Crippen LogP contribution in [-0.4, -0.2) is 35.9 Å². The second kappa shape index (κ2) is 7.05. The summed E-state index contributed by atoms with van der Waals surface area (Å²) in [6.07, 6.45) is 0.395. The molecule has 1 heterocycles. The Morgan fingerprint density at radius 3 is 2.71 bits per heavy atom.